The molecule has 4 rings (SSSR count). The molecule has 0 aliphatic carbocycles. The number of hydrogen-bond acceptors (Lipinski definition) is 6. The van der Waals surface area contributed by atoms with E-state index in [2.05, 4.69) is 27.8 Å². The third kappa shape index (κ3) is 4.40. The van der Waals surface area contributed by atoms with Gasteiger partial charge in [-0.15, -0.1) is 0 Å². The molecule has 3 aromatic rings. The lowest BCUT2D eigenvalue weighted by atomic mass is 9.94. The first-order chi connectivity index (χ1) is 14.1. The predicted molar refractivity (Wildman–Crippen MR) is 112 cm³/mol. The van der Waals surface area contributed by atoms with Gasteiger partial charge in [0.05, 0.1) is 11.9 Å². The van der Waals surface area contributed by atoms with Crippen LogP contribution in [0.5, 0.6) is 11.5 Å². The fourth-order valence-corrected chi connectivity index (χ4v) is 3.66. The van der Waals surface area contributed by atoms with Crippen LogP contribution >= 0.6 is 0 Å². The number of aliphatic hydroxyl groups excluding tert-OH is 1. The molecule has 29 heavy (non-hydrogen) atoms. The summed E-state index contributed by atoms with van der Waals surface area (Å²) in [5, 5.41) is 25.9. The number of aliphatic hydroxyl groups is 2. The molecule has 1 aliphatic heterocycles. The minimum Gasteiger partial charge on any atom is -0.457 e. The molecule has 1 aromatic heterocycles. The van der Waals surface area contributed by atoms with Gasteiger partial charge in [0.15, 0.2) is 6.29 Å². The van der Waals surface area contributed by atoms with Crippen LogP contribution in [0.3, 0.4) is 0 Å². The number of pyridine rings is 1. The van der Waals surface area contributed by atoms with Crippen LogP contribution in [0.2, 0.25) is 0 Å². The van der Waals surface area contributed by atoms with E-state index < -0.39 is 6.29 Å². The summed E-state index contributed by atoms with van der Waals surface area (Å²) in [5.74, 6) is 1.70. The summed E-state index contributed by atoms with van der Waals surface area (Å²) in [6, 6.07) is 15.9. The standard InChI is InChI=1S/C23H25N3O3/c1-15-4-2-3-5-22(15)29-17-6-7-18-16(12-17)8-11-25-21(18)14-26-20-13-24-10-9-19(20)23(27)28/h2-7,9-10,12-13,21,23,25-28H,8,11,14H2,1H3/t21-/m1/s1. The quantitative estimate of drug-likeness (QED) is 0.482. The maximum Gasteiger partial charge on any atom is 0.180 e. The van der Waals surface area contributed by atoms with E-state index in [9.17, 15) is 10.2 Å². The molecule has 2 heterocycles. The van der Waals surface area contributed by atoms with Crippen molar-refractivity contribution in [1.82, 2.24) is 10.3 Å². The van der Waals surface area contributed by atoms with Gasteiger partial charge in [-0.1, -0.05) is 24.3 Å². The molecule has 150 valence electrons. The lowest BCUT2D eigenvalue weighted by molar-refractivity contribution is -0.0419. The van der Waals surface area contributed by atoms with Crippen LogP contribution in [0, 0.1) is 6.92 Å². The number of hydrogen-bond donors (Lipinski definition) is 4. The molecule has 0 bridgehead atoms. The second-order valence-electron chi connectivity index (χ2n) is 7.20. The maximum absolute atomic E-state index is 9.53. The summed E-state index contributed by atoms with van der Waals surface area (Å²) in [6.07, 6.45) is 2.56. The molecule has 0 radical (unpaired) electrons. The van der Waals surface area contributed by atoms with Crippen molar-refractivity contribution in [3.8, 4) is 11.5 Å². The number of ether oxygens (including phenoxy) is 1. The van der Waals surface area contributed by atoms with Gasteiger partial charge in [0, 0.05) is 24.3 Å². The van der Waals surface area contributed by atoms with Crippen molar-refractivity contribution in [2.24, 2.45) is 0 Å². The average molecular weight is 391 g/mol. The topological polar surface area (TPSA) is 86.6 Å². The third-order valence-corrected chi connectivity index (χ3v) is 5.23. The van der Waals surface area contributed by atoms with E-state index >= 15 is 0 Å². The van der Waals surface area contributed by atoms with E-state index in [-0.39, 0.29) is 6.04 Å². The number of anilines is 1. The zero-order valence-corrected chi connectivity index (χ0v) is 16.3. The van der Waals surface area contributed by atoms with Gasteiger partial charge in [0.2, 0.25) is 0 Å². The van der Waals surface area contributed by atoms with E-state index in [4.69, 9.17) is 4.74 Å². The molecule has 1 atom stereocenters. The highest BCUT2D eigenvalue weighted by Crippen LogP contribution is 2.31. The zero-order chi connectivity index (χ0) is 20.2. The Hall–Kier alpha value is -2.93. The fourth-order valence-electron chi connectivity index (χ4n) is 3.66. The Morgan fingerprint density at radius 1 is 1.21 bits per heavy atom. The Morgan fingerprint density at radius 3 is 2.90 bits per heavy atom. The summed E-state index contributed by atoms with van der Waals surface area (Å²) in [7, 11) is 0. The number of nitrogens with zero attached hydrogens (tertiary/aromatic N) is 1. The van der Waals surface area contributed by atoms with E-state index in [0.717, 1.165) is 30.0 Å². The second kappa shape index (κ2) is 8.61. The Labute approximate surface area is 170 Å². The molecule has 6 nitrogen and oxygen atoms in total. The van der Waals surface area contributed by atoms with Crippen molar-refractivity contribution in [1.29, 1.82) is 0 Å². The zero-order valence-electron chi connectivity index (χ0n) is 16.3. The summed E-state index contributed by atoms with van der Waals surface area (Å²) < 4.78 is 6.08. The van der Waals surface area contributed by atoms with Crippen LogP contribution in [-0.2, 0) is 6.42 Å². The third-order valence-electron chi connectivity index (χ3n) is 5.23. The Bertz CT molecular complexity index is 991. The monoisotopic (exact) mass is 391 g/mol. The summed E-state index contributed by atoms with van der Waals surface area (Å²) in [4.78, 5) is 4.07. The second-order valence-corrected chi connectivity index (χ2v) is 7.20. The molecular formula is C23H25N3O3. The molecule has 0 fully saturated rings. The van der Waals surface area contributed by atoms with Crippen molar-refractivity contribution < 1.29 is 14.9 Å². The first-order valence-electron chi connectivity index (χ1n) is 9.75. The van der Waals surface area contributed by atoms with Gasteiger partial charge in [-0.05, 0) is 60.8 Å². The van der Waals surface area contributed by atoms with Gasteiger partial charge >= 0.3 is 0 Å². The number of rotatable bonds is 6. The molecule has 2 aromatic carbocycles. The normalized spacial score (nSPS) is 15.8. The molecule has 0 spiro atoms. The number of para-hydroxylation sites is 1. The Morgan fingerprint density at radius 2 is 2.07 bits per heavy atom. The smallest absolute Gasteiger partial charge is 0.180 e. The average Bonchev–Trinajstić information content (AvgIpc) is 2.74. The first kappa shape index (κ1) is 19.4. The van der Waals surface area contributed by atoms with E-state index in [1.54, 1.807) is 18.5 Å². The molecule has 0 saturated carbocycles. The lowest BCUT2D eigenvalue weighted by Gasteiger charge is -2.28. The van der Waals surface area contributed by atoms with Gasteiger partial charge in [-0.25, -0.2) is 0 Å². The number of nitrogens with one attached hydrogen (secondary N) is 2. The first-order valence-corrected chi connectivity index (χ1v) is 9.75. The Kier molecular flexibility index (Phi) is 5.76. The molecule has 6 heteroatoms. The predicted octanol–water partition coefficient (Wildman–Crippen LogP) is 3.46. The number of fused-ring (bicyclic) bond motifs is 1. The SMILES string of the molecule is Cc1ccccc1Oc1ccc2c(c1)CCN[C@@H]2CNc1cnccc1C(O)O. The van der Waals surface area contributed by atoms with E-state index in [1.165, 1.54) is 11.1 Å². The van der Waals surface area contributed by atoms with Gasteiger partial charge < -0.3 is 25.6 Å². The maximum atomic E-state index is 9.53. The van der Waals surface area contributed by atoms with Crippen molar-refractivity contribution in [2.45, 2.75) is 25.7 Å². The lowest BCUT2D eigenvalue weighted by Crippen LogP contribution is -2.34. The number of aromatic nitrogens is 1. The molecule has 1 aliphatic rings. The molecular weight excluding hydrogens is 366 g/mol. The van der Waals surface area contributed by atoms with Crippen LogP contribution in [0.4, 0.5) is 5.69 Å². The molecule has 0 unspecified atom stereocenters. The summed E-state index contributed by atoms with van der Waals surface area (Å²) in [6.45, 7) is 3.52. The highest BCUT2D eigenvalue weighted by atomic mass is 16.5. The van der Waals surface area contributed by atoms with Gasteiger partial charge in [0.25, 0.3) is 0 Å². The molecule has 4 N–H and O–H groups in total. The van der Waals surface area contributed by atoms with Crippen LogP contribution in [-0.4, -0.2) is 28.3 Å². The number of benzene rings is 2. The largest absolute Gasteiger partial charge is 0.457 e. The van der Waals surface area contributed by atoms with Crippen molar-refractivity contribution >= 4 is 5.69 Å². The van der Waals surface area contributed by atoms with Crippen molar-refractivity contribution in [3.63, 3.8) is 0 Å². The summed E-state index contributed by atoms with van der Waals surface area (Å²) in [5.41, 5.74) is 4.62. The van der Waals surface area contributed by atoms with Crippen LogP contribution in [0.15, 0.2) is 60.9 Å². The highest BCUT2D eigenvalue weighted by Gasteiger charge is 2.21. The van der Waals surface area contributed by atoms with Gasteiger partial charge in [0.1, 0.15) is 11.5 Å². The fraction of sp³-hybridized carbons (Fsp3) is 0.261. The Balaban J connectivity index is 1.50. The molecule has 0 saturated heterocycles. The van der Waals surface area contributed by atoms with E-state index in [1.807, 2.05) is 37.3 Å². The van der Waals surface area contributed by atoms with Crippen molar-refractivity contribution in [2.75, 3.05) is 18.4 Å². The van der Waals surface area contributed by atoms with Gasteiger partial charge in [-0.3, -0.25) is 4.98 Å². The highest BCUT2D eigenvalue weighted by molar-refractivity contribution is 5.50. The van der Waals surface area contributed by atoms with E-state index in [0.29, 0.717) is 17.8 Å². The van der Waals surface area contributed by atoms with Crippen LogP contribution < -0.4 is 15.4 Å². The van der Waals surface area contributed by atoms with Crippen LogP contribution in [0.1, 0.15) is 34.6 Å². The minimum atomic E-state index is -1.53. The minimum absolute atomic E-state index is 0.107. The molecule has 0 amide bonds. The number of aryl methyl sites for hydroxylation is 1. The van der Waals surface area contributed by atoms with Gasteiger partial charge in [-0.2, -0.15) is 0 Å². The van der Waals surface area contributed by atoms with Crippen molar-refractivity contribution in [3.05, 3.63) is 83.2 Å². The van der Waals surface area contributed by atoms with Crippen LogP contribution in [0.25, 0.3) is 0 Å². The summed E-state index contributed by atoms with van der Waals surface area (Å²) >= 11 is 0.